The summed E-state index contributed by atoms with van der Waals surface area (Å²) in [6.07, 6.45) is 6.65. The Kier molecular flexibility index (Phi) is 5.57. The Morgan fingerprint density at radius 1 is 1.22 bits per heavy atom. The van der Waals surface area contributed by atoms with E-state index in [9.17, 15) is 10.1 Å². The lowest BCUT2D eigenvalue weighted by Gasteiger charge is -2.05. The largest absolute Gasteiger partial charge is 0.481 e. The summed E-state index contributed by atoms with van der Waals surface area (Å²) in [5, 5.41) is 11.9. The summed E-state index contributed by atoms with van der Waals surface area (Å²) in [5.74, 6) is 2.50. The number of terminal acetylenes is 1. The topological polar surface area (TPSA) is 62.1 Å². The van der Waals surface area contributed by atoms with Gasteiger partial charge in [-0.3, -0.25) is 4.79 Å². The minimum absolute atomic E-state index is 0.00273. The fourth-order valence-electron chi connectivity index (χ4n) is 1.85. The number of hydrogen-bond acceptors (Lipinski definition) is 3. The Morgan fingerprint density at radius 2 is 2.00 bits per heavy atom. The van der Waals surface area contributed by atoms with Crippen molar-refractivity contribution in [2.75, 3.05) is 11.9 Å². The molecule has 0 aromatic heterocycles. The second kappa shape index (κ2) is 8.07. The van der Waals surface area contributed by atoms with Crippen molar-refractivity contribution < 1.29 is 9.53 Å². The highest BCUT2D eigenvalue weighted by Crippen LogP contribution is 2.16. The molecule has 2 aromatic rings. The van der Waals surface area contributed by atoms with Crippen molar-refractivity contribution in [1.82, 2.24) is 0 Å². The average Bonchev–Trinajstić information content (AvgIpc) is 2.59. The van der Waals surface area contributed by atoms with Crippen molar-refractivity contribution in [3.05, 3.63) is 65.7 Å². The molecular formula is C19H14N2O2. The summed E-state index contributed by atoms with van der Waals surface area (Å²) in [7, 11) is 0. The number of amides is 1. The van der Waals surface area contributed by atoms with Gasteiger partial charge in [-0.15, -0.1) is 6.42 Å². The number of anilines is 1. The molecule has 112 valence electrons. The molecule has 0 fully saturated rings. The molecule has 1 N–H and O–H groups in total. The fraction of sp³-hybridized carbons (Fsp3) is 0.0526. The third kappa shape index (κ3) is 4.77. The molecule has 4 nitrogen and oxygen atoms in total. The monoisotopic (exact) mass is 302 g/mol. The molecule has 4 heteroatoms. The smallest absolute Gasteiger partial charge is 0.266 e. The fourth-order valence-corrected chi connectivity index (χ4v) is 1.85. The Balaban J connectivity index is 2.17. The van der Waals surface area contributed by atoms with Crippen LogP contribution in [0.25, 0.3) is 6.08 Å². The molecule has 0 radical (unpaired) electrons. The second-order valence-corrected chi connectivity index (χ2v) is 4.56. The molecule has 0 aliphatic heterocycles. The molecule has 0 aliphatic carbocycles. The molecule has 23 heavy (non-hydrogen) atoms. The number of carbonyl (C=O) groups excluding carboxylic acids is 1. The van der Waals surface area contributed by atoms with Crippen molar-refractivity contribution in [3.8, 4) is 24.2 Å². The van der Waals surface area contributed by atoms with Gasteiger partial charge in [-0.05, 0) is 35.9 Å². The van der Waals surface area contributed by atoms with E-state index in [4.69, 9.17) is 11.2 Å². The van der Waals surface area contributed by atoms with Crippen LogP contribution in [-0.2, 0) is 4.79 Å². The van der Waals surface area contributed by atoms with Crippen LogP contribution in [0.3, 0.4) is 0 Å². The standard InChI is InChI=1S/C19H14N2O2/c1-2-11-23-18-10-6-7-15(13-18)12-16(14-20)19(22)21-17-8-4-3-5-9-17/h1,3-10,12-13H,11H2,(H,21,22)/b16-12-. The SMILES string of the molecule is C#CCOc1cccc(/C=C(/C#N)C(=O)Nc2ccccc2)c1. The molecule has 0 bridgehead atoms. The Labute approximate surface area is 135 Å². The predicted octanol–water partition coefficient (Wildman–Crippen LogP) is 3.24. The number of benzene rings is 2. The number of ether oxygens (including phenoxy) is 1. The van der Waals surface area contributed by atoms with Gasteiger partial charge in [-0.25, -0.2) is 0 Å². The van der Waals surface area contributed by atoms with Crippen molar-refractivity contribution in [2.24, 2.45) is 0 Å². The highest BCUT2D eigenvalue weighted by molar-refractivity contribution is 6.09. The molecule has 0 saturated carbocycles. The first-order chi connectivity index (χ1) is 11.2. The summed E-state index contributed by atoms with van der Waals surface area (Å²) in [5.41, 5.74) is 1.31. The van der Waals surface area contributed by atoms with E-state index in [-0.39, 0.29) is 12.2 Å². The highest BCUT2D eigenvalue weighted by atomic mass is 16.5. The summed E-state index contributed by atoms with van der Waals surface area (Å²) < 4.78 is 5.32. The van der Waals surface area contributed by atoms with Crippen LogP contribution >= 0.6 is 0 Å². The number of rotatable bonds is 5. The van der Waals surface area contributed by atoms with E-state index in [2.05, 4.69) is 11.2 Å². The molecule has 0 aliphatic rings. The van der Waals surface area contributed by atoms with Gasteiger partial charge in [-0.1, -0.05) is 36.3 Å². The van der Waals surface area contributed by atoms with E-state index in [1.807, 2.05) is 12.1 Å². The first-order valence-corrected chi connectivity index (χ1v) is 6.87. The quantitative estimate of drug-likeness (QED) is 0.524. The molecule has 0 saturated heterocycles. The Bertz CT molecular complexity index is 796. The zero-order valence-corrected chi connectivity index (χ0v) is 12.3. The van der Waals surface area contributed by atoms with E-state index < -0.39 is 5.91 Å². The maximum Gasteiger partial charge on any atom is 0.266 e. The van der Waals surface area contributed by atoms with E-state index in [1.54, 1.807) is 48.5 Å². The van der Waals surface area contributed by atoms with Crippen LogP contribution in [0.5, 0.6) is 5.75 Å². The number of nitrogens with one attached hydrogen (secondary N) is 1. The first-order valence-electron chi connectivity index (χ1n) is 6.87. The van der Waals surface area contributed by atoms with Crippen molar-refractivity contribution in [1.29, 1.82) is 5.26 Å². The molecule has 0 atom stereocenters. The van der Waals surface area contributed by atoms with Crippen LogP contribution in [-0.4, -0.2) is 12.5 Å². The zero-order chi connectivity index (χ0) is 16.5. The van der Waals surface area contributed by atoms with Gasteiger partial charge in [0, 0.05) is 5.69 Å². The maximum atomic E-state index is 12.1. The summed E-state index contributed by atoms with van der Waals surface area (Å²) in [4.78, 5) is 12.1. The van der Waals surface area contributed by atoms with Gasteiger partial charge in [0.25, 0.3) is 5.91 Å². The number of nitriles is 1. The molecular weight excluding hydrogens is 288 g/mol. The van der Waals surface area contributed by atoms with Crippen LogP contribution in [0.2, 0.25) is 0 Å². The normalized spacial score (nSPS) is 10.3. The lowest BCUT2D eigenvalue weighted by molar-refractivity contribution is -0.112. The number of para-hydroxylation sites is 1. The van der Waals surface area contributed by atoms with Crippen LogP contribution < -0.4 is 10.1 Å². The molecule has 0 heterocycles. The zero-order valence-electron chi connectivity index (χ0n) is 12.3. The van der Waals surface area contributed by atoms with Gasteiger partial charge in [-0.2, -0.15) is 5.26 Å². The van der Waals surface area contributed by atoms with Crippen molar-refractivity contribution >= 4 is 17.7 Å². The van der Waals surface area contributed by atoms with Gasteiger partial charge >= 0.3 is 0 Å². The molecule has 2 rings (SSSR count). The summed E-state index contributed by atoms with van der Waals surface area (Å²) in [6.45, 7) is 0.159. The Hall–Kier alpha value is -3.50. The third-order valence-electron chi connectivity index (χ3n) is 2.89. The van der Waals surface area contributed by atoms with E-state index in [1.165, 1.54) is 6.08 Å². The van der Waals surface area contributed by atoms with Gasteiger partial charge < -0.3 is 10.1 Å². The summed E-state index contributed by atoms with van der Waals surface area (Å²) >= 11 is 0. The van der Waals surface area contributed by atoms with Crippen LogP contribution in [0.1, 0.15) is 5.56 Å². The second-order valence-electron chi connectivity index (χ2n) is 4.56. The van der Waals surface area contributed by atoms with E-state index in [0.717, 1.165) is 0 Å². The minimum atomic E-state index is -0.464. The summed E-state index contributed by atoms with van der Waals surface area (Å²) in [6, 6.07) is 17.9. The van der Waals surface area contributed by atoms with Gasteiger partial charge in [0.1, 0.15) is 24.0 Å². The molecule has 0 unspecified atom stereocenters. The van der Waals surface area contributed by atoms with Crippen molar-refractivity contribution in [3.63, 3.8) is 0 Å². The predicted molar refractivity (Wildman–Crippen MR) is 89.4 cm³/mol. The van der Waals surface area contributed by atoms with E-state index >= 15 is 0 Å². The van der Waals surface area contributed by atoms with Gasteiger partial charge in [0.15, 0.2) is 0 Å². The lowest BCUT2D eigenvalue weighted by atomic mass is 10.1. The number of hydrogen-bond donors (Lipinski definition) is 1. The molecule has 0 spiro atoms. The molecule has 2 aromatic carbocycles. The number of carbonyl (C=O) groups is 1. The van der Waals surface area contributed by atoms with Gasteiger partial charge in [0.2, 0.25) is 0 Å². The van der Waals surface area contributed by atoms with Gasteiger partial charge in [0.05, 0.1) is 0 Å². The number of nitrogens with zero attached hydrogens (tertiary/aromatic N) is 1. The van der Waals surface area contributed by atoms with Crippen LogP contribution in [0.15, 0.2) is 60.2 Å². The van der Waals surface area contributed by atoms with E-state index in [0.29, 0.717) is 17.0 Å². The highest BCUT2D eigenvalue weighted by Gasteiger charge is 2.09. The minimum Gasteiger partial charge on any atom is -0.481 e. The molecule has 1 amide bonds. The average molecular weight is 302 g/mol. The van der Waals surface area contributed by atoms with Crippen LogP contribution in [0, 0.1) is 23.7 Å². The van der Waals surface area contributed by atoms with Crippen LogP contribution in [0.4, 0.5) is 5.69 Å². The first kappa shape index (κ1) is 15.9. The third-order valence-corrected chi connectivity index (χ3v) is 2.89. The van der Waals surface area contributed by atoms with Crippen molar-refractivity contribution in [2.45, 2.75) is 0 Å². The lowest BCUT2D eigenvalue weighted by Crippen LogP contribution is -2.13. The maximum absolute atomic E-state index is 12.1. The Morgan fingerprint density at radius 3 is 2.70 bits per heavy atom.